The Labute approximate surface area is 148 Å². The van der Waals surface area contributed by atoms with Crippen LogP contribution in [0.4, 0.5) is 19.1 Å². The van der Waals surface area contributed by atoms with Gasteiger partial charge in [-0.25, -0.2) is 4.98 Å². The molecule has 6 nitrogen and oxygen atoms in total. The molecule has 0 bridgehead atoms. The van der Waals surface area contributed by atoms with Crippen molar-refractivity contribution in [2.75, 3.05) is 5.32 Å². The molecular formula is C17H20F3N5O. The zero-order valence-electron chi connectivity index (χ0n) is 14.2. The molecule has 9 heteroatoms. The second kappa shape index (κ2) is 7.06. The van der Waals surface area contributed by atoms with Gasteiger partial charge >= 0.3 is 6.18 Å². The molecule has 3 rings (SSSR count). The molecule has 1 fully saturated rings. The van der Waals surface area contributed by atoms with Gasteiger partial charge < -0.3 is 16.2 Å². The van der Waals surface area contributed by atoms with Gasteiger partial charge in [-0.1, -0.05) is 12.8 Å². The number of phenolic OH excluding ortho intramolecular Hbond substituents is 1. The lowest BCUT2D eigenvalue weighted by Gasteiger charge is -2.29. The van der Waals surface area contributed by atoms with Crippen LogP contribution in [0.3, 0.4) is 0 Å². The molecule has 0 spiro atoms. The molecule has 0 amide bonds. The van der Waals surface area contributed by atoms with E-state index < -0.39 is 17.5 Å². The highest BCUT2D eigenvalue weighted by molar-refractivity contribution is 5.69. The Morgan fingerprint density at radius 3 is 2.54 bits per heavy atom. The third-order valence-electron chi connectivity index (χ3n) is 4.58. The Morgan fingerprint density at radius 1 is 1.19 bits per heavy atom. The fourth-order valence-corrected chi connectivity index (χ4v) is 3.13. The fraction of sp³-hybridized carbons (Fsp3) is 0.471. The number of halogens is 3. The molecule has 1 heterocycles. The molecule has 2 aromatic rings. The molecule has 2 atom stereocenters. The fourth-order valence-electron chi connectivity index (χ4n) is 3.13. The number of nitrogens with two attached hydrogens (primary N) is 1. The summed E-state index contributed by atoms with van der Waals surface area (Å²) in [5.74, 6) is -0.200. The van der Waals surface area contributed by atoms with E-state index in [0.29, 0.717) is 17.7 Å². The van der Waals surface area contributed by atoms with Gasteiger partial charge in [0, 0.05) is 17.6 Å². The van der Waals surface area contributed by atoms with Crippen molar-refractivity contribution >= 4 is 5.95 Å². The van der Waals surface area contributed by atoms with Crippen molar-refractivity contribution in [3.63, 3.8) is 0 Å². The zero-order chi connectivity index (χ0) is 18.9. The third kappa shape index (κ3) is 3.87. The van der Waals surface area contributed by atoms with Gasteiger partial charge in [-0.05, 0) is 38.0 Å². The van der Waals surface area contributed by atoms with Gasteiger partial charge in [-0.3, -0.25) is 0 Å². The number of hydrogen-bond donors (Lipinski definition) is 3. The van der Waals surface area contributed by atoms with E-state index in [0.717, 1.165) is 31.7 Å². The summed E-state index contributed by atoms with van der Waals surface area (Å²) in [5.41, 5.74) is 5.99. The average molecular weight is 367 g/mol. The van der Waals surface area contributed by atoms with Crippen LogP contribution < -0.4 is 11.1 Å². The lowest BCUT2D eigenvalue weighted by Crippen LogP contribution is -2.43. The number of aryl methyl sites for hydroxylation is 1. The number of anilines is 1. The minimum absolute atomic E-state index is 0.0197. The SMILES string of the molecule is Cc1nc(N[C@@H]2CCCC[C@H]2N)nnc1-c1ccc(C(F)(F)F)cc1O. The van der Waals surface area contributed by atoms with E-state index in [2.05, 4.69) is 20.5 Å². The highest BCUT2D eigenvalue weighted by Gasteiger charge is 2.31. The number of nitrogens with zero attached hydrogens (tertiary/aromatic N) is 3. The Bertz CT molecular complexity index is 796. The smallest absolute Gasteiger partial charge is 0.416 e. The molecule has 1 aromatic heterocycles. The first-order valence-corrected chi connectivity index (χ1v) is 8.39. The number of nitrogens with one attached hydrogen (secondary N) is 1. The first-order valence-electron chi connectivity index (χ1n) is 8.39. The molecular weight excluding hydrogens is 347 g/mol. The van der Waals surface area contributed by atoms with E-state index >= 15 is 0 Å². The van der Waals surface area contributed by atoms with E-state index in [1.165, 1.54) is 6.07 Å². The summed E-state index contributed by atoms with van der Waals surface area (Å²) in [6.07, 6.45) is -0.493. The highest BCUT2D eigenvalue weighted by atomic mass is 19.4. The summed E-state index contributed by atoms with van der Waals surface area (Å²) < 4.78 is 38.2. The van der Waals surface area contributed by atoms with Crippen LogP contribution in [-0.2, 0) is 6.18 Å². The van der Waals surface area contributed by atoms with Crippen molar-refractivity contribution in [2.45, 2.75) is 50.9 Å². The summed E-state index contributed by atoms with van der Waals surface area (Å²) in [7, 11) is 0. The van der Waals surface area contributed by atoms with E-state index in [-0.39, 0.29) is 23.3 Å². The summed E-state index contributed by atoms with van der Waals surface area (Å²) in [6, 6.07) is 2.81. The predicted octanol–water partition coefficient (Wildman–Crippen LogP) is 3.25. The van der Waals surface area contributed by atoms with Crippen molar-refractivity contribution in [1.82, 2.24) is 15.2 Å². The standard InChI is InChI=1S/C17H20F3N5O/c1-9-15(11-7-6-10(8-14(11)26)17(18,19)20)24-25-16(22-9)23-13-5-3-2-4-12(13)21/h6-8,12-13,26H,2-5,21H2,1H3,(H,22,23,25)/t12-,13-/m1/s1. The van der Waals surface area contributed by atoms with Crippen LogP contribution in [0.5, 0.6) is 5.75 Å². The largest absolute Gasteiger partial charge is 0.507 e. The second-order valence-corrected chi connectivity index (χ2v) is 6.50. The third-order valence-corrected chi connectivity index (χ3v) is 4.58. The minimum atomic E-state index is -4.53. The molecule has 140 valence electrons. The number of rotatable bonds is 3. The monoisotopic (exact) mass is 367 g/mol. The van der Waals surface area contributed by atoms with Crippen molar-refractivity contribution in [3.05, 3.63) is 29.5 Å². The highest BCUT2D eigenvalue weighted by Crippen LogP contribution is 2.36. The topological polar surface area (TPSA) is 97.0 Å². The van der Waals surface area contributed by atoms with Gasteiger partial charge in [0.15, 0.2) is 0 Å². The molecule has 0 saturated heterocycles. The van der Waals surface area contributed by atoms with Crippen molar-refractivity contribution in [3.8, 4) is 17.0 Å². The van der Waals surface area contributed by atoms with Gasteiger partial charge in [0.1, 0.15) is 11.4 Å². The van der Waals surface area contributed by atoms with Crippen molar-refractivity contribution in [1.29, 1.82) is 0 Å². The quantitative estimate of drug-likeness (QED) is 0.771. The van der Waals surface area contributed by atoms with E-state index in [1.807, 2.05) is 0 Å². The maximum atomic E-state index is 12.7. The molecule has 1 aliphatic rings. The number of aromatic hydroxyl groups is 1. The Balaban J connectivity index is 1.84. The van der Waals surface area contributed by atoms with E-state index in [9.17, 15) is 18.3 Å². The number of phenols is 1. The molecule has 1 aliphatic carbocycles. The van der Waals surface area contributed by atoms with Crippen LogP contribution in [0.1, 0.15) is 36.9 Å². The first-order chi connectivity index (χ1) is 12.3. The average Bonchev–Trinajstić information content (AvgIpc) is 2.57. The lowest BCUT2D eigenvalue weighted by atomic mass is 9.91. The normalized spacial score (nSPS) is 20.8. The summed E-state index contributed by atoms with van der Waals surface area (Å²) >= 11 is 0. The Hall–Kier alpha value is -2.42. The van der Waals surface area contributed by atoms with Crippen LogP contribution >= 0.6 is 0 Å². The number of alkyl halides is 3. The van der Waals surface area contributed by atoms with Crippen molar-refractivity contribution in [2.24, 2.45) is 5.73 Å². The van der Waals surface area contributed by atoms with Crippen LogP contribution in [0.25, 0.3) is 11.3 Å². The zero-order valence-corrected chi connectivity index (χ0v) is 14.2. The molecule has 0 aliphatic heterocycles. The van der Waals surface area contributed by atoms with Crippen LogP contribution in [0, 0.1) is 6.92 Å². The summed E-state index contributed by atoms with van der Waals surface area (Å²) in [5, 5.41) is 21.2. The van der Waals surface area contributed by atoms with Crippen LogP contribution in [-0.4, -0.2) is 32.4 Å². The Kier molecular flexibility index (Phi) is 4.99. The van der Waals surface area contributed by atoms with Gasteiger partial charge in [-0.15, -0.1) is 10.2 Å². The van der Waals surface area contributed by atoms with Gasteiger partial charge in [0.2, 0.25) is 5.95 Å². The second-order valence-electron chi connectivity index (χ2n) is 6.50. The van der Waals surface area contributed by atoms with Crippen LogP contribution in [0.15, 0.2) is 18.2 Å². The van der Waals surface area contributed by atoms with E-state index in [4.69, 9.17) is 5.73 Å². The van der Waals surface area contributed by atoms with E-state index in [1.54, 1.807) is 6.92 Å². The van der Waals surface area contributed by atoms with Crippen LogP contribution in [0.2, 0.25) is 0 Å². The molecule has 4 N–H and O–H groups in total. The summed E-state index contributed by atoms with van der Waals surface area (Å²) in [6.45, 7) is 1.66. The van der Waals surface area contributed by atoms with Gasteiger partial charge in [0.25, 0.3) is 0 Å². The Morgan fingerprint density at radius 2 is 1.92 bits per heavy atom. The van der Waals surface area contributed by atoms with Gasteiger partial charge in [0.05, 0.1) is 11.3 Å². The molecule has 1 saturated carbocycles. The predicted molar refractivity (Wildman–Crippen MR) is 90.5 cm³/mol. The molecule has 1 aromatic carbocycles. The number of aromatic nitrogens is 3. The minimum Gasteiger partial charge on any atom is -0.507 e. The maximum Gasteiger partial charge on any atom is 0.416 e. The summed E-state index contributed by atoms with van der Waals surface area (Å²) in [4.78, 5) is 4.32. The first kappa shape index (κ1) is 18.4. The molecule has 26 heavy (non-hydrogen) atoms. The number of benzene rings is 1. The van der Waals surface area contributed by atoms with Gasteiger partial charge in [-0.2, -0.15) is 13.2 Å². The lowest BCUT2D eigenvalue weighted by molar-refractivity contribution is -0.137. The maximum absolute atomic E-state index is 12.7. The van der Waals surface area contributed by atoms with Crippen molar-refractivity contribution < 1.29 is 18.3 Å². The molecule has 0 radical (unpaired) electrons. The molecule has 0 unspecified atom stereocenters. The number of hydrogen-bond acceptors (Lipinski definition) is 6.